The van der Waals surface area contributed by atoms with Crippen molar-refractivity contribution in [1.82, 2.24) is 9.97 Å². The zero-order valence-corrected chi connectivity index (χ0v) is 11.6. The maximum Gasteiger partial charge on any atom is 0.256 e. The topological polar surface area (TPSA) is 64.9 Å². The van der Waals surface area contributed by atoms with Crippen molar-refractivity contribution < 1.29 is 4.42 Å². The van der Waals surface area contributed by atoms with E-state index in [4.69, 9.17) is 10.2 Å². The van der Waals surface area contributed by atoms with E-state index >= 15 is 0 Å². The highest BCUT2D eigenvalue weighted by atomic mass is 32.2. The molecule has 0 aromatic carbocycles. The Morgan fingerprint density at radius 2 is 2.17 bits per heavy atom. The van der Waals surface area contributed by atoms with E-state index in [-0.39, 0.29) is 11.3 Å². The molecule has 0 aliphatic carbocycles. The molecule has 0 aliphatic heterocycles. The third-order valence-corrected chi connectivity index (χ3v) is 4.06. The van der Waals surface area contributed by atoms with Crippen LogP contribution in [0.2, 0.25) is 0 Å². The Bertz CT molecular complexity index is 491. The van der Waals surface area contributed by atoms with Crippen LogP contribution in [0, 0.1) is 13.8 Å². The summed E-state index contributed by atoms with van der Waals surface area (Å²) in [6, 6.07) is 3.93. The molecule has 0 aliphatic rings. The summed E-state index contributed by atoms with van der Waals surface area (Å²) in [5.74, 6) is 0.854. The molecule has 2 aromatic rings. The van der Waals surface area contributed by atoms with E-state index in [0.29, 0.717) is 5.22 Å². The van der Waals surface area contributed by atoms with E-state index < -0.39 is 0 Å². The second-order valence-electron chi connectivity index (χ2n) is 4.31. The van der Waals surface area contributed by atoms with Gasteiger partial charge in [-0.2, -0.15) is 0 Å². The van der Waals surface area contributed by atoms with Gasteiger partial charge in [0.05, 0.1) is 10.9 Å². The molecule has 0 spiro atoms. The highest BCUT2D eigenvalue weighted by molar-refractivity contribution is 7.99. The Morgan fingerprint density at radius 1 is 1.39 bits per heavy atom. The van der Waals surface area contributed by atoms with E-state index in [1.807, 2.05) is 39.1 Å². The van der Waals surface area contributed by atoms with E-state index in [0.717, 1.165) is 17.0 Å². The second-order valence-corrected chi connectivity index (χ2v) is 5.40. The van der Waals surface area contributed by atoms with Gasteiger partial charge in [-0.25, -0.2) is 4.98 Å². The molecule has 2 unspecified atom stereocenters. The van der Waals surface area contributed by atoms with Gasteiger partial charge in [0, 0.05) is 18.4 Å². The molecule has 0 amide bonds. The van der Waals surface area contributed by atoms with Crippen LogP contribution in [0.1, 0.15) is 29.2 Å². The predicted octanol–water partition coefficient (Wildman–Crippen LogP) is 2.87. The Labute approximate surface area is 111 Å². The lowest BCUT2D eigenvalue weighted by molar-refractivity contribution is 0.429. The first-order valence-electron chi connectivity index (χ1n) is 5.84. The summed E-state index contributed by atoms with van der Waals surface area (Å²) < 4.78 is 5.59. The largest absolute Gasteiger partial charge is 0.437 e. The molecule has 2 heterocycles. The maximum atomic E-state index is 6.04. The van der Waals surface area contributed by atoms with Crippen LogP contribution in [0.15, 0.2) is 34.2 Å². The van der Waals surface area contributed by atoms with Gasteiger partial charge in [0.1, 0.15) is 5.76 Å². The van der Waals surface area contributed by atoms with Gasteiger partial charge in [0.15, 0.2) is 0 Å². The Hall–Kier alpha value is -1.33. The third kappa shape index (κ3) is 2.91. The van der Waals surface area contributed by atoms with Crippen molar-refractivity contribution in [1.29, 1.82) is 0 Å². The van der Waals surface area contributed by atoms with Gasteiger partial charge in [0.2, 0.25) is 0 Å². The number of nitrogens with zero attached hydrogens (tertiary/aromatic N) is 2. The van der Waals surface area contributed by atoms with Crippen LogP contribution in [0.3, 0.4) is 0 Å². The van der Waals surface area contributed by atoms with Crippen molar-refractivity contribution in [2.45, 2.75) is 37.3 Å². The molecule has 2 atom stereocenters. The number of aromatic nitrogens is 2. The lowest BCUT2D eigenvalue weighted by Gasteiger charge is -2.18. The fourth-order valence-corrected chi connectivity index (χ4v) is 2.70. The summed E-state index contributed by atoms with van der Waals surface area (Å²) in [4.78, 5) is 8.51. The molecule has 2 N–H and O–H groups in total. The van der Waals surface area contributed by atoms with Crippen LogP contribution in [0.5, 0.6) is 0 Å². The molecule has 96 valence electrons. The molecule has 4 nitrogen and oxygen atoms in total. The number of pyridine rings is 1. The number of rotatable bonds is 4. The number of hydrogen-bond donors (Lipinski definition) is 1. The molecule has 0 bridgehead atoms. The number of thioether (sulfide) groups is 1. The van der Waals surface area contributed by atoms with E-state index in [9.17, 15) is 0 Å². The molecular weight excluding hydrogens is 246 g/mol. The highest BCUT2D eigenvalue weighted by Crippen LogP contribution is 2.36. The van der Waals surface area contributed by atoms with Gasteiger partial charge in [-0.15, -0.1) is 0 Å². The van der Waals surface area contributed by atoms with Gasteiger partial charge in [-0.1, -0.05) is 17.8 Å². The smallest absolute Gasteiger partial charge is 0.256 e. The lowest BCUT2D eigenvalue weighted by Crippen LogP contribution is -2.22. The van der Waals surface area contributed by atoms with Crippen LogP contribution in [0.25, 0.3) is 0 Å². The van der Waals surface area contributed by atoms with E-state index in [1.165, 1.54) is 0 Å². The monoisotopic (exact) mass is 263 g/mol. The minimum atomic E-state index is -0.00767. The molecule has 0 radical (unpaired) electrons. The molecule has 0 fully saturated rings. The zero-order chi connectivity index (χ0) is 13.1. The predicted molar refractivity (Wildman–Crippen MR) is 72.5 cm³/mol. The molecule has 0 saturated carbocycles. The minimum Gasteiger partial charge on any atom is -0.437 e. The first kappa shape index (κ1) is 13.1. The van der Waals surface area contributed by atoms with Gasteiger partial charge in [0.25, 0.3) is 5.22 Å². The van der Waals surface area contributed by atoms with Gasteiger partial charge in [-0.3, -0.25) is 4.98 Å². The van der Waals surface area contributed by atoms with Crippen LogP contribution in [0.4, 0.5) is 0 Å². The summed E-state index contributed by atoms with van der Waals surface area (Å²) in [5, 5.41) is 0.757. The average molecular weight is 263 g/mol. The summed E-state index contributed by atoms with van der Waals surface area (Å²) in [7, 11) is 0. The zero-order valence-electron chi connectivity index (χ0n) is 10.8. The fourth-order valence-electron chi connectivity index (χ4n) is 1.63. The number of aryl methyl sites for hydroxylation is 2. The van der Waals surface area contributed by atoms with Gasteiger partial charge >= 0.3 is 0 Å². The maximum absolute atomic E-state index is 6.04. The molecule has 5 heteroatoms. The van der Waals surface area contributed by atoms with Crippen LogP contribution in [-0.2, 0) is 0 Å². The summed E-state index contributed by atoms with van der Waals surface area (Å²) >= 11 is 1.54. The third-order valence-electron chi connectivity index (χ3n) is 2.73. The van der Waals surface area contributed by atoms with Crippen LogP contribution >= 0.6 is 11.8 Å². The van der Waals surface area contributed by atoms with Crippen LogP contribution in [-0.4, -0.2) is 16.0 Å². The van der Waals surface area contributed by atoms with Crippen molar-refractivity contribution in [3.63, 3.8) is 0 Å². The Balaban J connectivity index is 2.22. The van der Waals surface area contributed by atoms with Gasteiger partial charge < -0.3 is 10.2 Å². The number of hydrogen-bond acceptors (Lipinski definition) is 5. The van der Waals surface area contributed by atoms with E-state index in [1.54, 1.807) is 18.0 Å². The first-order chi connectivity index (χ1) is 8.58. The Kier molecular flexibility index (Phi) is 4.04. The van der Waals surface area contributed by atoms with E-state index in [2.05, 4.69) is 9.97 Å². The number of oxazole rings is 1. The summed E-state index contributed by atoms with van der Waals surface area (Å²) in [5.41, 5.74) is 8.06. The molecule has 0 saturated heterocycles. The fraction of sp³-hybridized carbons (Fsp3) is 0.385. The van der Waals surface area contributed by atoms with Crippen molar-refractivity contribution >= 4 is 11.8 Å². The second kappa shape index (κ2) is 5.54. The van der Waals surface area contributed by atoms with Crippen molar-refractivity contribution in [3.8, 4) is 0 Å². The SMILES string of the molecule is Cc1nc(SC(c2cccnc2)C(C)N)oc1C. The van der Waals surface area contributed by atoms with Gasteiger partial charge in [-0.05, 0) is 32.4 Å². The molecule has 2 aromatic heterocycles. The van der Waals surface area contributed by atoms with Crippen molar-refractivity contribution in [3.05, 3.63) is 41.5 Å². The minimum absolute atomic E-state index is 0.00767. The Morgan fingerprint density at radius 3 is 2.67 bits per heavy atom. The van der Waals surface area contributed by atoms with Crippen LogP contribution < -0.4 is 5.73 Å². The average Bonchev–Trinajstić information content (AvgIpc) is 2.66. The lowest BCUT2D eigenvalue weighted by atomic mass is 10.1. The quantitative estimate of drug-likeness (QED) is 0.859. The van der Waals surface area contributed by atoms with Crippen molar-refractivity contribution in [2.24, 2.45) is 5.73 Å². The molecule has 2 rings (SSSR count). The summed E-state index contributed by atoms with van der Waals surface area (Å²) in [6.07, 6.45) is 3.59. The first-order valence-corrected chi connectivity index (χ1v) is 6.72. The number of nitrogens with two attached hydrogens (primary N) is 1. The standard InChI is InChI=1S/C13H17N3OS/c1-8(14)12(11-5-4-6-15-7-11)18-13-16-9(2)10(3)17-13/h4-8,12H,14H2,1-3H3. The summed E-state index contributed by atoms with van der Waals surface area (Å²) in [6.45, 7) is 5.83. The normalized spacial score (nSPS) is 14.4. The molecular formula is C13H17N3OS. The van der Waals surface area contributed by atoms with Crippen molar-refractivity contribution in [2.75, 3.05) is 0 Å². The molecule has 18 heavy (non-hydrogen) atoms. The highest BCUT2D eigenvalue weighted by Gasteiger charge is 2.21.